The van der Waals surface area contributed by atoms with Gasteiger partial charge in [0.25, 0.3) is 0 Å². The van der Waals surface area contributed by atoms with Gasteiger partial charge in [0.1, 0.15) is 11.6 Å². The highest BCUT2D eigenvalue weighted by molar-refractivity contribution is 7.11. The molecule has 0 aliphatic carbocycles. The predicted octanol–water partition coefficient (Wildman–Crippen LogP) is 3.03. The molecule has 0 radical (unpaired) electrons. The van der Waals surface area contributed by atoms with Crippen molar-refractivity contribution in [3.63, 3.8) is 0 Å². The molecule has 18 heavy (non-hydrogen) atoms. The zero-order valence-electron chi connectivity index (χ0n) is 11.2. The van der Waals surface area contributed by atoms with Gasteiger partial charge in [-0.1, -0.05) is 6.92 Å². The fraction of sp³-hybridized carbons (Fsp3) is 0.462. The van der Waals surface area contributed by atoms with Crippen LogP contribution in [0.3, 0.4) is 0 Å². The number of nitrogens with zero attached hydrogens (tertiary/aromatic N) is 3. The first-order valence-electron chi connectivity index (χ1n) is 6.10. The Bertz CT molecular complexity index is 548. The van der Waals surface area contributed by atoms with E-state index in [1.165, 1.54) is 4.88 Å². The van der Waals surface area contributed by atoms with Crippen molar-refractivity contribution in [1.29, 1.82) is 0 Å². The number of hydrogen-bond acceptors (Lipinski definition) is 5. The van der Waals surface area contributed by atoms with E-state index in [9.17, 15) is 0 Å². The Kier molecular flexibility index (Phi) is 3.91. The molecule has 0 atom stereocenters. The van der Waals surface area contributed by atoms with E-state index in [0.717, 1.165) is 41.0 Å². The summed E-state index contributed by atoms with van der Waals surface area (Å²) in [6.07, 6.45) is 0.923. The van der Waals surface area contributed by atoms with Gasteiger partial charge in [-0.2, -0.15) is 0 Å². The maximum Gasteiger partial charge on any atom is 0.130 e. The normalized spacial score (nSPS) is 10.7. The second-order valence-corrected chi connectivity index (χ2v) is 5.64. The van der Waals surface area contributed by atoms with E-state index in [0.29, 0.717) is 0 Å². The lowest BCUT2D eigenvalue weighted by atomic mass is 10.3. The van der Waals surface area contributed by atoms with Crippen LogP contribution in [0.1, 0.15) is 34.0 Å². The molecule has 2 heterocycles. The second kappa shape index (κ2) is 5.44. The van der Waals surface area contributed by atoms with Gasteiger partial charge < -0.3 is 5.32 Å². The molecule has 0 aliphatic heterocycles. The van der Waals surface area contributed by atoms with Crippen molar-refractivity contribution in [2.45, 2.75) is 40.7 Å². The summed E-state index contributed by atoms with van der Waals surface area (Å²) in [7, 11) is 0. The van der Waals surface area contributed by atoms with E-state index in [2.05, 4.69) is 34.1 Å². The van der Waals surface area contributed by atoms with Crippen LogP contribution in [0, 0.1) is 20.8 Å². The maximum atomic E-state index is 4.50. The van der Waals surface area contributed by atoms with Crippen molar-refractivity contribution in [2.75, 3.05) is 5.32 Å². The number of anilines is 1. The summed E-state index contributed by atoms with van der Waals surface area (Å²) in [5.74, 6) is 1.69. The molecule has 0 unspecified atom stereocenters. The van der Waals surface area contributed by atoms with E-state index in [-0.39, 0.29) is 0 Å². The summed E-state index contributed by atoms with van der Waals surface area (Å²) in [6.45, 7) is 8.87. The molecule has 0 spiro atoms. The van der Waals surface area contributed by atoms with E-state index < -0.39 is 0 Å². The number of aromatic nitrogens is 3. The first kappa shape index (κ1) is 13.0. The summed E-state index contributed by atoms with van der Waals surface area (Å²) in [4.78, 5) is 14.5. The molecule has 0 saturated carbocycles. The van der Waals surface area contributed by atoms with Gasteiger partial charge in [0.2, 0.25) is 0 Å². The monoisotopic (exact) mass is 262 g/mol. The molecule has 2 aromatic heterocycles. The van der Waals surface area contributed by atoms with Crippen LogP contribution in [0.2, 0.25) is 0 Å². The third-order valence-electron chi connectivity index (χ3n) is 2.69. The van der Waals surface area contributed by atoms with E-state index in [1.807, 2.05) is 19.9 Å². The predicted molar refractivity (Wildman–Crippen MR) is 75.1 cm³/mol. The zero-order valence-corrected chi connectivity index (χ0v) is 12.1. The number of thiazole rings is 1. The molecular weight excluding hydrogens is 244 g/mol. The van der Waals surface area contributed by atoms with E-state index in [4.69, 9.17) is 0 Å². The van der Waals surface area contributed by atoms with Gasteiger partial charge in [0.05, 0.1) is 17.2 Å². The van der Waals surface area contributed by atoms with Crippen LogP contribution in [-0.2, 0) is 13.0 Å². The van der Waals surface area contributed by atoms with Crippen LogP contribution >= 0.6 is 11.3 Å². The Balaban J connectivity index is 2.10. The first-order valence-corrected chi connectivity index (χ1v) is 6.91. The SMILES string of the molecule is CCc1cc(NCc2nc(C)sc2C)nc(C)n1. The van der Waals surface area contributed by atoms with Gasteiger partial charge in [-0.3, -0.25) is 0 Å². The minimum absolute atomic E-state index is 0.718. The van der Waals surface area contributed by atoms with E-state index >= 15 is 0 Å². The quantitative estimate of drug-likeness (QED) is 0.920. The summed E-state index contributed by atoms with van der Waals surface area (Å²) < 4.78 is 0. The highest BCUT2D eigenvalue weighted by atomic mass is 32.1. The lowest BCUT2D eigenvalue weighted by Gasteiger charge is -2.07. The highest BCUT2D eigenvalue weighted by Gasteiger charge is 2.06. The molecule has 4 nitrogen and oxygen atoms in total. The van der Waals surface area contributed by atoms with Crippen molar-refractivity contribution in [1.82, 2.24) is 15.0 Å². The Labute approximate surface area is 112 Å². The Morgan fingerprint density at radius 1 is 1.17 bits per heavy atom. The van der Waals surface area contributed by atoms with Crippen LogP contribution in [-0.4, -0.2) is 15.0 Å². The maximum absolute atomic E-state index is 4.50. The molecule has 0 aliphatic rings. The summed E-state index contributed by atoms with van der Waals surface area (Å²) in [5, 5.41) is 4.43. The molecule has 96 valence electrons. The van der Waals surface area contributed by atoms with Crippen molar-refractivity contribution in [3.8, 4) is 0 Å². The summed E-state index contributed by atoms with van der Waals surface area (Å²) in [6, 6.07) is 2.00. The molecule has 2 rings (SSSR count). The van der Waals surface area contributed by atoms with Crippen LogP contribution in [0.5, 0.6) is 0 Å². The van der Waals surface area contributed by atoms with Gasteiger partial charge in [0, 0.05) is 16.6 Å². The molecule has 0 aromatic carbocycles. The Hall–Kier alpha value is -1.49. The number of nitrogens with one attached hydrogen (secondary N) is 1. The minimum atomic E-state index is 0.718. The lowest BCUT2D eigenvalue weighted by Crippen LogP contribution is -2.05. The molecular formula is C13H18N4S. The standard InChI is InChI=1S/C13H18N4S/c1-5-11-6-13(16-9(3)15-11)14-7-12-8(2)18-10(4)17-12/h6H,5,7H2,1-4H3,(H,14,15,16). The molecule has 0 saturated heterocycles. The zero-order chi connectivity index (χ0) is 13.1. The number of hydrogen-bond donors (Lipinski definition) is 1. The first-order chi connectivity index (χ1) is 8.58. The van der Waals surface area contributed by atoms with Gasteiger partial charge in [0.15, 0.2) is 0 Å². The summed E-state index contributed by atoms with van der Waals surface area (Å²) >= 11 is 1.73. The van der Waals surface area contributed by atoms with Crippen molar-refractivity contribution in [3.05, 3.63) is 33.2 Å². The van der Waals surface area contributed by atoms with Crippen LogP contribution < -0.4 is 5.32 Å². The average molecular weight is 262 g/mol. The topological polar surface area (TPSA) is 50.7 Å². The molecule has 5 heteroatoms. The molecule has 0 fully saturated rings. The van der Waals surface area contributed by atoms with E-state index in [1.54, 1.807) is 11.3 Å². The van der Waals surface area contributed by atoms with Gasteiger partial charge in [-0.15, -0.1) is 11.3 Å². The smallest absolute Gasteiger partial charge is 0.130 e. The van der Waals surface area contributed by atoms with Gasteiger partial charge in [-0.25, -0.2) is 15.0 Å². The highest BCUT2D eigenvalue weighted by Crippen LogP contribution is 2.17. The second-order valence-electron chi connectivity index (χ2n) is 4.23. The Morgan fingerprint density at radius 3 is 2.56 bits per heavy atom. The Morgan fingerprint density at radius 2 is 1.94 bits per heavy atom. The van der Waals surface area contributed by atoms with Crippen molar-refractivity contribution < 1.29 is 0 Å². The number of aryl methyl sites for hydroxylation is 4. The van der Waals surface area contributed by atoms with Crippen LogP contribution in [0.25, 0.3) is 0 Å². The van der Waals surface area contributed by atoms with Crippen LogP contribution in [0.15, 0.2) is 6.07 Å². The third kappa shape index (κ3) is 3.04. The number of rotatable bonds is 4. The van der Waals surface area contributed by atoms with Crippen molar-refractivity contribution >= 4 is 17.2 Å². The fourth-order valence-electron chi connectivity index (χ4n) is 1.81. The molecule has 1 N–H and O–H groups in total. The average Bonchev–Trinajstić information content (AvgIpc) is 2.64. The lowest BCUT2D eigenvalue weighted by molar-refractivity contribution is 0.935. The van der Waals surface area contributed by atoms with Crippen LogP contribution in [0.4, 0.5) is 5.82 Å². The third-order valence-corrected chi connectivity index (χ3v) is 3.62. The summed E-state index contributed by atoms with van der Waals surface area (Å²) in [5.41, 5.74) is 2.17. The molecule has 0 bridgehead atoms. The van der Waals surface area contributed by atoms with Gasteiger partial charge >= 0.3 is 0 Å². The van der Waals surface area contributed by atoms with Gasteiger partial charge in [-0.05, 0) is 27.2 Å². The largest absolute Gasteiger partial charge is 0.364 e. The minimum Gasteiger partial charge on any atom is -0.364 e. The fourth-order valence-corrected chi connectivity index (χ4v) is 2.65. The van der Waals surface area contributed by atoms with Crippen molar-refractivity contribution in [2.24, 2.45) is 0 Å². The molecule has 0 amide bonds. The molecule has 2 aromatic rings.